The molecule has 2 aromatic rings. The van der Waals surface area contributed by atoms with Crippen LogP contribution in [0.1, 0.15) is 17.1 Å². The monoisotopic (exact) mass is 278 g/mol. The van der Waals surface area contributed by atoms with Gasteiger partial charge in [0.2, 0.25) is 11.8 Å². The van der Waals surface area contributed by atoms with Crippen molar-refractivity contribution in [2.24, 2.45) is 0 Å². The summed E-state index contributed by atoms with van der Waals surface area (Å²) in [7, 11) is 1.64. The quantitative estimate of drug-likeness (QED) is 0.625. The summed E-state index contributed by atoms with van der Waals surface area (Å²) in [6, 6.07) is 1.74. The molecule has 9 heteroatoms. The second-order valence-electron chi connectivity index (χ2n) is 4.12. The average Bonchev–Trinajstić information content (AvgIpc) is 2.81. The highest BCUT2D eigenvalue weighted by molar-refractivity contribution is 5.60. The van der Waals surface area contributed by atoms with Crippen molar-refractivity contribution in [3.05, 3.63) is 33.3 Å². The summed E-state index contributed by atoms with van der Waals surface area (Å²) in [5.74, 6) is 1.13. The first-order chi connectivity index (χ1) is 9.51. The molecule has 2 N–H and O–H groups in total. The molecule has 2 heterocycles. The van der Waals surface area contributed by atoms with Crippen molar-refractivity contribution in [1.82, 2.24) is 15.1 Å². The molecule has 0 saturated heterocycles. The molecule has 0 spiro atoms. The molecule has 0 aliphatic carbocycles. The molecule has 0 aromatic carbocycles. The average molecular weight is 278 g/mol. The van der Waals surface area contributed by atoms with E-state index in [4.69, 9.17) is 4.52 Å². The van der Waals surface area contributed by atoms with Crippen molar-refractivity contribution >= 4 is 17.5 Å². The fourth-order valence-corrected chi connectivity index (χ4v) is 1.70. The second-order valence-corrected chi connectivity index (χ2v) is 4.12. The number of hydrogen-bond donors (Lipinski definition) is 2. The molecule has 20 heavy (non-hydrogen) atoms. The number of hydrogen-bond acceptors (Lipinski definition) is 8. The summed E-state index contributed by atoms with van der Waals surface area (Å²) in [6.07, 6.45) is 0. The summed E-state index contributed by atoms with van der Waals surface area (Å²) in [5, 5.41) is 20.5. The fraction of sp³-hybridized carbons (Fsp3) is 0.364. The van der Waals surface area contributed by atoms with Gasteiger partial charge in [-0.1, -0.05) is 5.16 Å². The van der Waals surface area contributed by atoms with Gasteiger partial charge in [-0.2, -0.15) is 4.98 Å². The Morgan fingerprint density at radius 2 is 2.15 bits per heavy atom. The zero-order chi connectivity index (χ0) is 14.7. The van der Waals surface area contributed by atoms with E-state index in [0.717, 1.165) is 0 Å². The van der Waals surface area contributed by atoms with Crippen LogP contribution in [0, 0.1) is 24.0 Å². The Hall–Kier alpha value is -2.71. The van der Waals surface area contributed by atoms with E-state index in [1.807, 2.05) is 0 Å². The Morgan fingerprint density at radius 1 is 1.40 bits per heavy atom. The number of nitro groups is 1. The Bertz CT molecular complexity index is 639. The maximum Gasteiger partial charge on any atom is 0.332 e. The van der Waals surface area contributed by atoms with Gasteiger partial charge < -0.3 is 15.2 Å². The van der Waals surface area contributed by atoms with Crippen LogP contribution in [-0.2, 0) is 6.54 Å². The molecule has 0 fully saturated rings. The van der Waals surface area contributed by atoms with Crippen LogP contribution < -0.4 is 10.6 Å². The van der Waals surface area contributed by atoms with Crippen molar-refractivity contribution in [3.63, 3.8) is 0 Å². The summed E-state index contributed by atoms with van der Waals surface area (Å²) >= 11 is 0. The Kier molecular flexibility index (Phi) is 3.78. The summed E-state index contributed by atoms with van der Waals surface area (Å²) < 4.78 is 4.93. The van der Waals surface area contributed by atoms with E-state index in [-0.39, 0.29) is 23.7 Å². The van der Waals surface area contributed by atoms with Crippen molar-refractivity contribution < 1.29 is 9.45 Å². The van der Waals surface area contributed by atoms with E-state index >= 15 is 0 Å². The van der Waals surface area contributed by atoms with Crippen molar-refractivity contribution in [2.75, 3.05) is 17.7 Å². The fourth-order valence-electron chi connectivity index (χ4n) is 1.70. The maximum absolute atomic E-state index is 11.1. The third-order valence-electron chi connectivity index (χ3n) is 2.58. The van der Waals surface area contributed by atoms with Gasteiger partial charge in [-0.25, -0.2) is 4.98 Å². The first-order valence-corrected chi connectivity index (χ1v) is 5.88. The highest BCUT2D eigenvalue weighted by Crippen LogP contribution is 2.26. The standard InChI is InChI=1S/C11H14N6O3/c1-6-4-8(16-20-6)5-13-10-9(17(18)19)7(2)14-11(12-3)15-10/h4H,5H2,1-3H3,(H2,12,13,14,15). The Balaban J connectivity index is 2.28. The van der Waals surface area contributed by atoms with Gasteiger partial charge in [0.05, 0.1) is 11.5 Å². The minimum Gasteiger partial charge on any atom is -0.361 e. The van der Waals surface area contributed by atoms with Crippen LogP contribution in [0.3, 0.4) is 0 Å². The summed E-state index contributed by atoms with van der Waals surface area (Å²) in [5.41, 5.74) is 0.775. The van der Waals surface area contributed by atoms with E-state index in [1.54, 1.807) is 27.0 Å². The van der Waals surface area contributed by atoms with E-state index in [9.17, 15) is 10.1 Å². The van der Waals surface area contributed by atoms with Crippen molar-refractivity contribution in [3.8, 4) is 0 Å². The predicted octanol–water partition coefficient (Wildman–Crippen LogP) is 1.64. The number of anilines is 2. The lowest BCUT2D eigenvalue weighted by Crippen LogP contribution is -2.09. The van der Waals surface area contributed by atoms with Crippen LogP contribution in [0.2, 0.25) is 0 Å². The van der Waals surface area contributed by atoms with Gasteiger partial charge in [0.15, 0.2) is 0 Å². The number of aromatic nitrogens is 3. The summed E-state index contributed by atoms with van der Waals surface area (Å²) in [4.78, 5) is 18.6. The van der Waals surface area contributed by atoms with E-state index in [0.29, 0.717) is 17.4 Å². The van der Waals surface area contributed by atoms with Gasteiger partial charge in [0.1, 0.15) is 17.1 Å². The van der Waals surface area contributed by atoms with Crippen molar-refractivity contribution in [2.45, 2.75) is 20.4 Å². The first-order valence-electron chi connectivity index (χ1n) is 5.88. The number of nitrogens with one attached hydrogen (secondary N) is 2. The normalized spacial score (nSPS) is 10.3. The van der Waals surface area contributed by atoms with E-state index in [2.05, 4.69) is 25.8 Å². The number of aryl methyl sites for hydroxylation is 2. The van der Waals surface area contributed by atoms with Crippen molar-refractivity contribution in [1.29, 1.82) is 0 Å². The second kappa shape index (κ2) is 5.51. The van der Waals surface area contributed by atoms with Crippen LogP contribution in [0.15, 0.2) is 10.6 Å². The SMILES string of the molecule is CNc1nc(C)c([N+](=O)[O-])c(NCc2cc(C)on2)n1. The molecule has 0 atom stereocenters. The summed E-state index contributed by atoms with van der Waals surface area (Å²) in [6.45, 7) is 3.61. The molecule has 0 bridgehead atoms. The molecular weight excluding hydrogens is 264 g/mol. The third kappa shape index (κ3) is 2.82. The molecule has 2 aromatic heterocycles. The highest BCUT2D eigenvalue weighted by atomic mass is 16.6. The van der Waals surface area contributed by atoms with Gasteiger partial charge in [-0.05, 0) is 13.8 Å². The lowest BCUT2D eigenvalue weighted by Gasteiger charge is -2.08. The Morgan fingerprint density at radius 3 is 2.70 bits per heavy atom. The minimum atomic E-state index is -0.509. The largest absolute Gasteiger partial charge is 0.361 e. The molecular formula is C11H14N6O3. The van der Waals surface area contributed by atoms with Gasteiger partial charge in [0, 0.05) is 13.1 Å². The molecule has 0 saturated carbocycles. The first kappa shape index (κ1) is 13.7. The van der Waals surface area contributed by atoms with Crippen LogP contribution in [0.4, 0.5) is 17.5 Å². The minimum absolute atomic E-state index is 0.146. The molecule has 0 unspecified atom stereocenters. The lowest BCUT2D eigenvalue weighted by molar-refractivity contribution is -0.385. The van der Waals surface area contributed by atoms with Crippen LogP contribution in [-0.4, -0.2) is 27.1 Å². The molecule has 0 radical (unpaired) electrons. The van der Waals surface area contributed by atoms with Gasteiger partial charge in [-0.3, -0.25) is 10.1 Å². The van der Waals surface area contributed by atoms with Crippen LogP contribution in [0.25, 0.3) is 0 Å². The predicted molar refractivity (Wildman–Crippen MR) is 71.5 cm³/mol. The molecule has 0 amide bonds. The smallest absolute Gasteiger partial charge is 0.332 e. The van der Waals surface area contributed by atoms with Gasteiger partial charge in [0.25, 0.3) is 0 Å². The zero-order valence-electron chi connectivity index (χ0n) is 11.3. The van der Waals surface area contributed by atoms with Crippen LogP contribution >= 0.6 is 0 Å². The molecule has 106 valence electrons. The molecule has 0 aliphatic rings. The molecule has 9 nitrogen and oxygen atoms in total. The molecule has 0 aliphatic heterocycles. The number of nitrogens with zero attached hydrogens (tertiary/aromatic N) is 4. The van der Waals surface area contributed by atoms with E-state index in [1.165, 1.54) is 0 Å². The highest BCUT2D eigenvalue weighted by Gasteiger charge is 2.21. The van der Waals surface area contributed by atoms with Crippen LogP contribution in [0.5, 0.6) is 0 Å². The third-order valence-corrected chi connectivity index (χ3v) is 2.58. The zero-order valence-corrected chi connectivity index (χ0v) is 11.3. The topological polar surface area (TPSA) is 119 Å². The lowest BCUT2D eigenvalue weighted by atomic mass is 10.3. The molecule has 2 rings (SSSR count). The van der Waals surface area contributed by atoms with E-state index < -0.39 is 4.92 Å². The number of rotatable bonds is 5. The Labute approximate surface area is 114 Å². The van der Waals surface area contributed by atoms with Gasteiger partial charge >= 0.3 is 5.69 Å². The maximum atomic E-state index is 11.1. The van der Waals surface area contributed by atoms with Gasteiger partial charge in [-0.15, -0.1) is 0 Å².